The van der Waals surface area contributed by atoms with E-state index in [4.69, 9.17) is 0 Å². The zero-order valence-electron chi connectivity index (χ0n) is 13.7. The van der Waals surface area contributed by atoms with Gasteiger partial charge in [-0.3, -0.25) is 0 Å². The number of anilines is 1. The van der Waals surface area contributed by atoms with Crippen molar-refractivity contribution in [2.24, 2.45) is 0 Å². The van der Waals surface area contributed by atoms with Gasteiger partial charge in [0.05, 0.1) is 0 Å². The molecule has 4 heteroatoms. The van der Waals surface area contributed by atoms with E-state index in [0.29, 0.717) is 0 Å². The number of hydrogen-bond acceptors (Lipinski definition) is 2. The number of fused-ring (bicyclic) bond motifs is 3. The first-order valence-electron chi connectivity index (χ1n) is 8.62. The van der Waals surface area contributed by atoms with Crippen LogP contribution in [0.5, 0.6) is 0 Å². The van der Waals surface area contributed by atoms with Gasteiger partial charge in [0.25, 0.3) is 0 Å². The van der Waals surface area contributed by atoms with Crippen LogP contribution in [0, 0.1) is 0 Å². The number of benzene rings is 2. The van der Waals surface area contributed by atoms with E-state index in [9.17, 15) is 0 Å². The number of aryl methyl sites for hydroxylation is 1. The van der Waals surface area contributed by atoms with Crippen LogP contribution in [-0.4, -0.2) is 17.7 Å². The van der Waals surface area contributed by atoms with Crippen molar-refractivity contribution in [1.82, 2.24) is 9.88 Å². The van der Waals surface area contributed by atoms with Gasteiger partial charge in [-0.25, -0.2) is 0 Å². The van der Waals surface area contributed by atoms with Crippen LogP contribution in [-0.2, 0) is 19.5 Å². The smallest absolute Gasteiger partial charge is 0.0485 e. The van der Waals surface area contributed by atoms with Crippen LogP contribution in [0.15, 0.2) is 53.0 Å². The summed E-state index contributed by atoms with van der Waals surface area (Å²) in [5.41, 5.74) is 5.57. The molecule has 0 bridgehead atoms. The molecule has 0 unspecified atom stereocenters. The second-order valence-corrected chi connectivity index (χ2v) is 7.14. The van der Waals surface area contributed by atoms with E-state index in [1.807, 2.05) is 6.07 Å². The maximum absolute atomic E-state index is 3.59. The molecule has 2 N–H and O–H groups in total. The molecular formula is C20H22BrN3. The van der Waals surface area contributed by atoms with E-state index in [0.717, 1.165) is 43.5 Å². The van der Waals surface area contributed by atoms with Gasteiger partial charge < -0.3 is 15.2 Å². The number of halogens is 1. The quantitative estimate of drug-likeness (QED) is 0.632. The zero-order valence-corrected chi connectivity index (χ0v) is 15.3. The van der Waals surface area contributed by atoms with Crippen molar-refractivity contribution < 1.29 is 0 Å². The summed E-state index contributed by atoms with van der Waals surface area (Å²) in [5, 5.41) is 8.49. The third-order valence-electron chi connectivity index (χ3n) is 4.79. The largest absolute Gasteiger partial charge is 0.384 e. The topological polar surface area (TPSA) is 29.0 Å². The number of nitrogens with zero attached hydrogens (tertiary/aromatic N) is 1. The van der Waals surface area contributed by atoms with Crippen LogP contribution in [0.2, 0.25) is 0 Å². The Morgan fingerprint density at radius 3 is 2.83 bits per heavy atom. The Labute approximate surface area is 151 Å². The lowest BCUT2D eigenvalue weighted by Gasteiger charge is -2.17. The molecule has 0 saturated heterocycles. The first-order chi connectivity index (χ1) is 11.8. The van der Waals surface area contributed by atoms with Gasteiger partial charge in [0.1, 0.15) is 0 Å². The summed E-state index contributed by atoms with van der Waals surface area (Å²) in [5.74, 6) is 0. The molecule has 1 aromatic heterocycles. The molecule has 0 saturated carbocycles. The summed E-state index contributed by atoms with van der Waals surface area (Å²) >= 11 is 3.59. The van der Waals surface area contributed by atoms with Crippen LogP contribution in [0.1, 0.15) is 17.7 Å². The minimum absolute atomic E-state index is 0.970. The third kappa shape index (κ3) is 2.96. The molecule has 1 aliphatic rings. The van der Waals surface area contributed by atoms with Gasteiger partial charge in [0, 0.05) is 46.4 Å². The van der Waals surface area contributed by atoms with Crippen molar-refractivity contribution >= 4 is 32.5 Å². The van der Waals surface area contributed by atoms with E-state index < -0.39 is 0 Å². The minimum atomic E-state index is 0.970. The van der Waals surface area contributed by atoms with Crippen molar-refractivity contribution in [3.63, 3.8) is 0 Å². The van der Waals surface area contributed by atoms with Crippen LogP contribution < -0.4 is 10.6 Å². The highest BCUT2D eigenvalue weighted by atomic mass is 79.9. The molecule has 3 nitrogen and oxygen atoms in total. The van der Waals surface area contributed by atoms with Crippen LogP contribution in [0.3, 0.4) is 0 Å². The maximum Gasteiger partial charge on any atom is 0.0485 e. The number of rotatable bonds is 5. The monoisotopic (exact) mass is 383 g/mol. The number of hydrogen-bond donors (Lipinski definition) is 2. The van der Waals surface area contributed by atoms with Crippen molar-refractivity contribution in [2.75, 3.05) is 18.4 Å². The van der Waals surface area contributed by atoms with Gasteiger partial charge in [0.15, 0.2) is 0 Å². The van der Waals surface area contributed by atoms with Crippen molar-refractivity contribution in [2.45, 2.75) is 25.9 Å². The molecule has 4 rings (SSSR count). The molecule has 3 aromatic rings. The first kappa shape index (κ1) is 15.7. The number of nitrogens with one attached hydrogen (secondary N) is 2. The second-order valence-electron chi connectivity index (χ2n) is 6.28. The fourth-order valence-corrected chi connectivity index (χ4v) is 4.07. The molecule has 2 aromatic carbocycles. The number of aromatic nitrogens is 1. The Balaban J connectivity index is 1.50. The second kappa shape index (κ2) is 6.99. The zero-order chi connectivity index (χ0) is 16.4. The van der Waals surface area contributed by atoms with Gasteiger partial charge in [-0.05, 0) is 59.1 Å². The average molecular weight is 384 g/mol. The Bertz CT molecular complexity index is 853. The predicted molar refractivity (Wildman–Crippen MR) is 105 cm³/mol. The highest BCUT2D eigenvalue weighted by molar-refractivity contribution is 9.10. The Kier molecular flexibility index (Phi) is 4.58. The summed E-state index contributed by atoms with van der Waals surface area (Å²) in [6.07, 6.45) is 2.24. The van der Waals surface area contributed by atoms with Crippen LogP contribution in [0.25, 0.3) is 10.9 Å². The Morgan fingerprint density at radius 1 is 1.08 bits per heavy atom. The van der Waals surface area contributed by atoms with Crippen molar-refractivity contribution in [3.05, 3.63) is 64.3 Å². The molecule has 1 aliphatic heterocycles. The van der Waals surface area contributed by atoms with E-state index >= 15 is 0 Å². The van der Waals surface area contributed by atoms with E-state index in [1.54, 1.807) is 5.56 Å². The molecule has 24 heavy (non-hydrogen) atoms. The molecule has 0 atom stereocenters. The van der Waals surface area contributed by atoms with Crippen LogP contribution in [0.4, 0.5) is 5.69 Å². The minimum Gasteiger partial charge on any atom is -0.384 e. The number of para-hydroxylation sites is 2. The van der Waals surface area contributed by atoms with E-state index in [-0.39, 0.29) is 0 Å². The van der Waals surface area contributed by atoms with Crippen molar-refractivity contribution in [1.29, 1.82) is 0 Å². The summed E-state index contributed by atoms with van der Waals surface area (Å²) in [6.45, 7) is 4.10. The lowest BCUT2D eigenvalue weighted by atomic mass is 10.1. The van der Waals surface area contributed by atoms with Gasteiger partial charge in [-0.2, -0.15) is 0 Å². The van der Waals surface area contributed by atoms with Gasteiger partial charge in [0.2, 0.25) is 0 Å². The van der Waals surface area contributed by atoms with E-state index in [2.05, 4.69) is 73.6 Å². The standard InChI is InChI=1S/C20H22BrN3/c21-17-7-2-3-8-18(17)23-11-5-13-24-19-9-4-1-6-15(19)16-10-12-22-14-20(16)24/h1-4,6-9,22-23H,5,10-14H2. The molecule has 2 heterocycles. The average Bonchev–Trinajstić information content (AvgIpc) is 2.94. The maximum atomic E-state index is 3.59. The summed E-state index contributed by atoms with van der Waals surface area (Å²) in [4.78, 5) is 0. The molecule has 0 fully saturated rings. The van der Waals surface area contributed by atoms with Crippen LogP contribution >= 0.6 is 15.9 Å². The normalized spacial score (nSPS) is 13.9. The summed E-state index contributed by atoms with van der Waals surface area (Å²) in [6, 6.07) is 17.1. The Morgan fingerprint density at radius 2 is 1.92 bits per heavy atom. The van der Waals surface area contributed by atoms with Gasteiger partial charge in [-0.15, -0.1) is 0 Å². The highest BCUT2D eigenvalue weighted by Crippen LogP contribution is 2.29. The lowest BCUT2D eigenvalue weighted by Crippen LogP contribution is -2.25. The van der Waals surface area contributed by atoms with E-state index in [1.165, 1.54) is 22.3 Å². The molecule has 0 aliphatic carbocycles. The summed E-state index contributed by atoms with van der Waals surface area (Å²) < 4.78 is 3.64. The Hall–Kier alpha value is -1.78. The SMILES string of the molecule is Brc1ccccc1NCCCn1c2c(c3ccccc31)CCNC2. The fraction of sp³-hybridized carbons (Fsp3) is 0.300. The molecule has 0 amide bonds. The fourth-order valence-electron chi connectivity index (χ4n) is 3.65. The molecule has 0 radical (unpaired) electrons. The molecule has 124 valence electrons. The van der Waals surface area contributed by atoms with Gasteiger partial charge in [-0.1, -0.05) is 30.3 Å². The summed E-state index contributed by atoms with van der Waals surface area (Å²) in [7, 11) is 0. The van der Waals surface area contributed by atoms with Gasteiger partial charge >= 0.3 is 0 Å². The predicted octanol–water partition coefficient (Wildman–Crippen LogP) is 4.55. The highest BCUT2D eigenvalue weighted by Gasteiger charge is 2.18. The molecule has 0 spiro atoms. The molecular weight excluding hydrogens is 362 g/mol. The first-order valence-corrected chi connectivity index (χ1v) is 9.42. The third-order valence-corrected chi connectivity index (χ3v) is 5.48. The van der Waals surface area contributed by atoms with Crippen molar-refractivity contribution in [3.8, 4) is 0 Å². The lowest BCUT2D eigenvalue weighted by molar-refractivity contribution is 0.576.